The lowest BCUT2D eigenvalue weighted by Crippen LogP contribution is -2.52. The summed E-state index contributed by atoms with van der Waals surface area (Å²) in [5, 5.41) is 17.0. The third-order valence-corrected chi connectivity index (χ3v) is 7.60. The van der Waals surface area contributed by atoms with E-state index < -0.39 is 24.0 Å². The van der Waals surface area contributed by atoms with Crippen LogP contribution in [0.4, 0.5) is 11.4 Å². The summed E-state index contributed by atoms with van der Waals surface area (Å²) in [6.45, 7) is 0. The monoisotopic (exact) mass is 553 g/mol. The van der Waals surface area contributed by atoms with Crippen molar-refractivity contribution in [2.45, 2.75) is 31.3 Å². The van der Waals surface area contributed by atoms with Gasteiger partial charge in [0.25, 0.3) is 5.91 Å². The van der Waals surface area contributed by atoms with E-state index in [0.717, 1.165) is 16.0 Å². The minimum atomic E-state index is -1.16. The summed E-state index contributed by atoms with van der Waals surface area (Å²) in [6, 6.07) is 25.0. The highest BCUT2D eigenvalue weighted by Gasteiger charge is 2.37. The maximum absolute atomic E-state index is 13.6. The molecule has 0 saturated heterocycles. The van der Waals surface area contributed by atoms with Gasteiger partial charge in [0.2, 0.25) is 11.8 Å². The van der Waals surface area contributed by atoms with E-state index in [4.69, 9.17) is 0 Å². The number of fused-ring (bicyclic) bond motifs is 1. The predicted octanol–water partition coefficient (Wildman–Crippen LogP) is 4.31. The van der Waals surface area contributed by atoms with Crippen LogP contribution in [0.25, 0.3) is 0 Å². The minimum absolute atomic E-state index is 0.121. The maximum Gasteiger partial charge on any atom is 0.326 e. The molecule has 0 saturated carbocycles. The van der Waals surface area contributed by atoms with Crippen LogP contribution in [0.15, 0.2) is 96.4 Å². The lowest BCUT2D eigenvalue weighted by Gasteiger charge is -2.37. The van der Waals surface area contributed by atoms with Crippen molar-refractivity contribution in [1.29, 1.82) is 0 Å². The van der Waals surface area contributed by atoms with Crippen LogP contribution < -0.4 is 15.5 Å². The number of carbonyl (C=O) groups excluding carboxylic acids is 3. The molecule has 2 heterocycles. The van der Waals surface area contributed by atoms with E-state index in [2.05, 4.69) is 10.6 Å². The number of nitrogens with one attached hydrogen (secondary N) is 2. The van der Waals surface area contributed by atoms with Crippen LogP contribution >= 0.6 is 11.3 Å². The number of amides is 3. The summed E-state index contributed by atoms with van der Waals surface area (Å²) in [6.07, 6.45) is 0.581. The van der Waals surface area contributed by atoms with Crippen LogP contribution in [-0.2, 0) is 33.6 Å². The molecule has 3 aromatic carbocycles. The molecule has 3 amide bonds. The molecule has 40 heavy (non-hydrogen) atoms. The number of carboxylic acid groups (broad SMARTS) is 1. The summed E-state index contributed by atoms with van der Waals surface area (Å²) in [5.41, 5.74) is 2.66. The van der Waals surface area contributed by atoms with E-state index in [1.54, 1.807) is 30.3 Å². The van der Waals surface area contributed by atoms with Gasteiger partial charge in [-0.2, -0.15) is 0 Å². The Morgan fingerprint density at radius 1 is 0.925 bits per heavy atom. The molecule has 9 heteroatoms. The largest absolute Gasteiger partial charge is 0.480 e. The molecule has 2 atom stereocenters. The molecule has 5 rings (SSSR count). The van der Waals surface area contributed by atoms with Crippen LogP contribution in [0.3, 0.4) is 0 Å². The highest BCUT2D eigenvalue weighted by Crippen LogP contribution is 2.35. The van der Waals surface area contributed by atoms with Crippen molar-refractivity contribution in [3.8, 4) is 0 Å². The van der Waals surface area contributed by atoms with Gasteiger partial charge in [0.1, 0.15) is 12.1 Å². The number of rotatable bonds is 9. The van der Waals surface area contributed by atoms with Gasteiger partial charge < -0.3 is 15.7 Å². The third kappa shape index (κ3) is 6.10. The Kier molecular flexibility index (Phi) is 8.02. The Bertz CT molecular complexity index is 1520. The average Bonchev–Trinajstić information content (AvgIpc) is 3.46. The Morgan fingerprint density at radius 2 is 1.62 bits per heavy atom. The standard InChI is InChI=1S/C31H27N3O5S/c35-28(19-23-12-7-15-40-23)34-26-14-13-22(29(36)33-25(31(38)39)16-20-8-3-1-4-9-20)18-24(26)32-30(37)27(34)17-21-10-5-2-6-11-21/h1-15,18,25,27H,16-17,19H2,(H,32,37)(H,33,36)(H,38,39). The van der Waals surface area contributed by atoms with E-state index in [1.165, 1.54) is 28.4 Å². The average molecular weight is 554 g/mol. The zero-order valence-electron chi connectivity index (χ0n) is 21.4. The van der Waals surface area contributed by atoms with Gasteiger partial charge in [0.05, 0.1) is 17.8 Å². The lowest BCUT2D eigenvalue weighted by atomic mass is 9.98. The molecule has 1 aliphatic heterocycles. The zero-order chi connectivity index (χ0) is 28.1. The summed E-state index contributed by atoms with van der Waals surface area (Å²) in [7, 11) is 0. The van der Waals surface area contributed by atoms with E-state index in [9.17, 15) is 24.3 Å². The number of anilines is 2. The van der Waals surface area contributed by atoms with Crippen molar-refractivity contribution >= 4 is 46.4 Å². The van der Waals surface area contributed by atoms with Crippen LogP contribution in [-0.4, -0.2) is 40.9 Å². The molecular formula is C31H27N3O5S. The number of carbonyl (C=O) groups is 4. The van der Waals surface area contributed by atoms with Crippen LogP contribution in [0.1, 0.15) is 26.4 Å². The molecule has 1 aliphatic rings. The normalized spacial score (nSPS) is 15.1. The summed E-state index contributed by atoms with van der Waals surface area (Å²) < 4.78 is 0. The number of hydrogen-bond donors (Lipinski definition) is 3. The van der Waals surface area contributed by atoms with E-state index in [0.29, 0.717) is 17.8 Å². The molecular weight excluding hydrogens is 526 g/mol. The minimum Gasteiger partial charge on any atom is -0.480 e. The van der Waals surface area contributed by atoms with Gasteiger partial charge in [-0.1, -0.05) is 66.7 Å². The number of aliphatic carboxylic acids is 1. The van der Waals surface area contributed by atoms with Crippen LogP contribution in [0.5, 0.6) is 0 Å². The fraction of sp³-hybridized carbons (Fsp3) is 0.161. The highest BCUT2D eigenvalue weighted by atomic mass is 32.1. The van der Waals surface area contributed by atoms with Crippen LogP contribution in [0, 0.1) is 0 Å². The van der Waals surface area contributed by atoms with E-state index in [1.807, 2.05) is 53.9 Å². The molecule has 4 aromatic rings. The smallest absolute Gasteiger partial charge is 0.326 e. The first-order valence-corrected chi connectivity index (χ1v) is 13.7. The second-order valence-corrected chi connectivity index (χ2v) is 10.5. The molecule has 0 radical (unpaired) electrons. The number of benzene rings is 3. The van der Waals surface area contributed by atoms with Crippen molar-refractivity contribution in [3.63, 3.8) is 0 Å². The number of thiophene rings is 1. The first kappa shape index (κ1) is 26.8. The predicted molar refractivity (Wildman–Crippen MR) is 154 cm³/mol. The highest BCUT2D eigenvalue weighted by molar-refractivity contribution is 7.10. The van der Waals surface area contributed by atoms with Gasteiger partial charge in [0.15, 0.2) is 0 Å². The Morgan fingerprint density at radius 3 is 2.27 bits per heavy atom. The van der Waals surface area contributed by atoms with Gasteiger partial charge >= 0.3 is 5.97 Å². The number of hydrogen-bond acceptors (Lipinski definition) is 5. The zero-order valence-corrected chi connectivity index (χ0v) is 22.3. The number of carboxylic acids is 1. The van der Waals surface area contributed by atoms with Gasteiger partial charge in [-0.3, -0.25) is 19.3 Å². The molecule has 0 aliphatic carbocycles. The maximum atomic E-state index is 13.6. The van der Waals surface area contributed by atoms with Gasteiger partial charge in [-0.05, 0) is 40.8 Å². The lowest BCUT2D eigenvalue weighted by molar-refractivity contribution is -0.139. The summed E-state index contributed by atoms with van der Waals surface area (Å²) >= 11 is 1.47. The molecule has 0 fully saturated rings. The van der Waals surface area contributed by atoms with Gasteiger partial charge in [-0.15, -0.1) is 11.3 Å². The molecule has 2 unspecified atom stereocenters. The van der Waals surface area contributed by atoms with Gasteiger partial charge in [-0.25, -0.2) is 4.79 Å². The summed E-state index contributed by atoms with van der Waals surface area (Å²) in [5.74, 6) is -2.34. The van der Waals surface area contributed by atoms with Crippen molar-refractivity contribution in [2.24, 2.45) is 0 Å². The fourth-order valence-electron chi connectivity index (χ4n) is 4.76. The van der Waals surface area contributed by atoms with Gasteiger partial charge in [0, 0.05) is 23.3 Å². The van der Waals surface area contributed by atoms with E-state index in [-0.39, 0.29) is 30.2 Å². The summed E-state index contributed by atoms with van der Waals surface area (Å²) in [4.78, 5) is 54.3. The topological polar surface area (TPSA) is 116 Å². The second-order valence-electron chi connectivity index (χ2n) is 9.50. The number of nitrogens with zero attached hydrogens (tertiary/aromatic N) is 1. The molecule has 202 valence electrons. The van der Waals surface area contributed by atoms with Crippen LogP contribution in [0.2, 0.25) is 0 Å². The van der Waals surface area contributed by atoms with Crippen molar-refractivity contribution in [1.82, 2.24) is 5.32 Å². The third-order valence-electron chi connectivity index (χ3n) is 6.72. The molecule has 1 aromatic heterocycles. The van der Waals surface area contributed by atoms with Crippen molar-refractivity contribution in [2.75, 3.05) is 10.2 Å². The van der Waals surface area contributed by atoms with E-state index >= 15 is 0 Å². The molecule has 0 spiro atoms. The Balaban J connectivity index is 1.42. The second kappa shape index (κ2) is 12.0. The first-order chi connectivity index (χ1) is 19.4. The quantitative estimate of drug-likeness (QED) is 0.286. The molecule has 3 N–H and O–H groups in total. The van der Waals surface area contributed by atoms with Crippen molar-refractivity contribution < 1.29 is 24.3 Å². The Hall–Kier alpha value is -4.76. The SMILES string of the molecule is O=C(NC(Cc1ccccc1)C(=O)O)c1ccc2c(c1)NC(=O)C(Cc1ccccc1)N2C(=O)Cc1cccs1. The first-order valence-electron chi connectivity index (χ1n) is 12.8. The fourth-order valence-corrected chi connectivity index (χ4v) is 5.45. The molecule has 8 nitrogen and oxygen atoms in total. The molecule has 0 bridgehead atoms. The Labute approximate surface area is 235 Å². The van der Waals surface area contributed by atoms with Crippen molar-refractivity contribution in [3.05, 3.63) is 118 Å².